The standard InChI is InChI=1S/C12H18N2O2/c1-10(2)9-16-7-6-13-12-5-4-11(15-3)8-14-12/h4-5,8H,1,6-7,9H2,2-3H3,(H,13,14). The molecule has 0 fully saturated rings. The smallest absolute Gasteiger partial charge is 0.137 e. The molecule has 0 unspecified atom stereocenters. The number of nitrogens with one attached hydrogen (secondary N) is 1. The quantitative estimate of drug-likeness (QED) is 0.566. The summed E-state index contributed by atoms with van der Waals surface area (Å²) in [6.45, 7) is 7.68. The highest BCUT2D eigenvalue weighted by Crippen LogP contribution is 2.10. The van der Waals surface area contributed by atoms with Crippen LogP contribution in [0, 0.1) is 0 Å². The van der Waals surface area contributed by atoms with Gasteiger partial charge in [-0.3, -0.25) is 0 Å². The first-order valence-corrected chi connectivity index (χ1v) is 5.18. The number of methoxy groups -OCH3 is 1. The zero-order valence-corrected chi connectivity index (χ0v) is 9.82. The maximum atomic E-state index is 5.35. The lowest BCUT2D eigenvalue weighted by Crippen LogP contribution is -2.11. The van der Waals surface area contributed by atoms with E-state index in [-0.39, 0.29) is 0 Å². The van der Waals surface area contributed by atoms with E-state index in [1.165, 1.54) is 0 Å². The minimum Gasteiger partial charge on any atom is -0.495 e. The summed E-state index contributed by atoms with van der Waals surface area (Å²) in [5.41, 5.74) is 1.03. The Morgan fingerprint density at radius 2 is 2.31 bits per heavy atom. The van der Waals surface area contributed by atoms with Gasteiger partial charge in [-0.25, -0.2) is 4.98 Å². The van der Waals surface area contributed by atoms with Crippen LogP contribution >= 0.6 is 0 Å². The zero-order chi connectivity index (χ0) is 11.8. The molecule has 0 saturated heterocycles. The normalized spacial score (nSPS) is 9.88. The number of nitrogens with zero attached hydrogens (tertiary/aromatic N) is 1. The van der Waals surface area contributed by atoms with Gasteiger partial charge in [0.05, 0.1) is 26.5 Å². The highest BCUT2D eigenvalue weighted by Gasteiger charge is 1.94. The Hall–Kier alpha value is -1.55. The number of pyridine rings is 1. The van der Waals surface area contributed by atoms with Gasteiger partial charge in [-0.05, 0) is 19.1 Å². The van der Waals surface area contributed by atoms with E-state index in [0.717, 1.165) is 23.7 Å². The molecule has 0 saturated carbocycles. The Kier molecular flexibility index (Phi) is 5.36. The van der Waals surface area contributed by atoms with Crippen LogP contribution in [0.5, 0.6) is 5.75 Å². The maximum absolute atomic E-state index is 5.35. The van der Waals surface area contributed by atoms with E-state index in [1.54, 1.807) is 13.3 Å². The van der Waals surface area contributed by atoms with Crippen molar-refractivity contribution in [2.45, 2.75) is 6.92 Å². The minimum atomic E-state index is 0.609. The van der Waals surface area contributed by atoms with Crippen LogP contribution in [-0.2, 0) is 4.74 Å². The molecule has 0 atom stereocenters. The fraction of sp³-hybridized carbons (Fsp3) is 0.417. The van der Waals surface area contributed by atoms with E-state index in [0.29, 0.717) is 13.2 Å². The van der Waals surface area contributed by atoms with Gasteiger partial charge >= 0.3 is 0 Å². The Morgan fingerprint density at radius 1 is 1.50 bits per heavy atom. The number of hydrogen-bond acceptors (Lipinski definition) is 4. The van der Waals surface area contributed by atoms with Crippen molar-refractivity contribution < 1.29 is 9.47 Å². The minimum absolute atomic E-state index is 0.609. The van der Waals surface area contributed by atoms with Crippen molar-refractivity contribution in [1.82, 2.24) is 4.98 Å². The highest BCUT2D eigenvalue weighted by molar-refractivity contribution is 5.37. The monoisotopic (exact) mass is 222 g/mol. The summed E-state index contributed by atoms with van der Waals surface area (Å²) in [5.74, 6) is 1.57. The number of rotatable bonds is 7. The zero-order valence-electron chi connectivity index (χ0n) is 9.82. The van der Waals surface area contributed by atoms with E-state index in [2.05, 4.69) is 16.9 Å². The predicted molar refractivity (Wildman–Crippen MR) is 64.9 cm³/mol. The summed E-state index contributed by atoms with van der Waals surface area (Å²) in [7, 11) is 1.62. The molecule has 1 aromatic heterocycles. The molecule has 0 aliphatic rings. The van der Waals surface area contributed by atoms with Gasteiger partial charge in [0.1, 0.15) is 11.6 Å². The molecule has 16 heavy (non-hydrogen) atoms. The van der Waals surface area contributed by atoms with Crippen LogP contribution in [0.15, 0.2) is 30.5 Å². The lowest BCUT2D eigenvalue weighted by atomic mass is 10.4. The Bertz CT molecular complexity index is 322. The van der Waals surface area contributed by atoms with Gasteiger partial charge in [-0.2, -0.15) is 0 Å². The average Bonchev–Trinajstić information content (AvgIpc) is 2.29. The van der Waals surface area contributed by atoms with Crippen LogP contribution in [0.2, 0.25) is 0 Å². The van der Waals surface area contributed by atoms with Gasteiger partial charge in [0.15, 0.2) is 0 Å². The van der Waals surface area contributed by atoms with Gasteiger partial charge in [-0.15, -0.1) is 0 Å². The van der Waals surface area contributed by atoms with Crippen molar-refractivity contribution in [1.29, 1.82) is 0 Å². The third-order valence-corrected chi connectivity index (χ3v) is 1.87. The van der Waals surface area contributed by atoms with E-state index in [4.69, 9.17) is 9.47 Å². The maximum Gasteiger partial charge on any atom is 0.137 e. The predicted octanol–water partition coefficient (Wildman–Crippen LogP) is 2.09. The fourth-order valence-electron chi connectivity index (χ4n) is 1.10. The summed E-state index contributed by atoms with van der Waals surface area (Å²) >= 11 is 0. The van der Waals surface area contributed by atoms with Crippen molar-refractivity contribution in [3.8, 4) is 5.75 Å². The van der Waals surface area contributed by atoms with E-state index >= 15 is 0 Å². The summed E-state index contributed by atoms with van der Waals surface area (Å²) in [5, 5.41) is 3.15. The van der Waals surface area contributed by atoms with Crippen LogP contribution < -0.4 is 10.1 Å². The molecule has 1 aromatic rings. The molecule has 0 spiro atoms. The molecule has 0 aliphatic carbocycles. The van der Waals surface area contributed by atoms with E-state index in [1.807, 2.05) is 19.1 Å². The van der Waals surface area contributed by atoms with Crippen LogP contribution in [-0.4, -0.2) is 31.9 Å². The van der Waals surface area contributed by atoms with Gasteiger partial charge in [-0.1, -0.05) is 12.2 Å². The second-order valence-electron chi connectivity index (χ2n) is 3.52. The largest absolute Gasteiger partial charge is 0.495 e. The molecular weight excluding hydrogens is 204 g/mol. The van der Waals surface area contributed by atoms with Gasteiger partial charge in [0.25, 0.3) is 0 Å². The van der Waals surface area contributed by atoms with Gasteiger partial charge in [0.2, 0.25) is 0 Å². The number of anilines is 1. The highest BCUT2D eigenvalue weighted by atomic mass is 16.5. The molecule has 4 heteroatoms. The van der Waals surface area contributed by atoms with Crippen molar-refractivity contribution >= 4 is 5.82 Å². The summed E-state index contributed by atoms with van der Waals surface area (Å²) in [4.78, 5) is 4.17. The Morgan fingerprint density at radius 3 is 2.88 bits per heavy atom. The average molecular weight is 222 g/mol. The van der Waals surface area contributed by atoms with E-state index < -0.39 is 0 Å². The third kappa shape index (κ3) is 4.79. The first-order chi connectivity index (χ1) is 7.72. The summed E-state index contributed by atoms with van der Waals surface area (Å²) in [6.07, 6.45) is 1.68. The topological polar surface area (TPSA) is 43.4 Å². The molecule has 0 amide bonds. The summed E-state index contributed by atoms with van der Waals surface area (Å²) in [6, 6.07) is 3.74. The number of hydrogen-bond donors (Lipinski definition) is 1. The fourth-order valence-corrected chi connectivity index (χ4v) is 1.10. The first-order valence-electron chi connectivity index (χ1n) is 5.18. The lowest BCUT2D eigenvalue weighted by Gasteiger charge is -2.07. The van der Waals surface area contributed by atoms with Gasteiger partial charge in [0, 0.05) is 6.54 Å². The first kappa shape index (κ1) is 12.5. The van der Waals surface area contributed by atoms with Crippen molar-refractivity contribution in [3.05, 3.63) is 30.5 Å². The lowest BCUT2D eigenvalue weighted by molar-refractivity contribution is 0.167. The van der Waals surface area contributed by atoms with Crippen LogP contribution in [0.25, 0.3) is 0 Å². The van der Waals surface area contributed by atoms with Crippen LogP contribution in [0.4, 0.5) is 5.82 Å². The third-order valence-electron chi connectivity index (χ3n) is 1.87. The number of ether oxygens (including phenoxy) is 2. The van der Waals surface area contributed by atoms with Crippen LogP contribution in [0.1, 0.15) is 6.92 Å². The second-order valence-corrected chi connectivity index (χ2v) is 3.52. The molecule has 0 radical (unpaired) electrons. The van der Waals surface area contributed by atoms with Crippen LogP contribution in [0.3, 0.4) is 0 Å². The molecule has 88 valence electrons. The molecule has 4 nitrogen and oxygen atoms in total. The number of aromatic nitrogens is 1. The molecule has 1 N–H and O–H groups in total. The second kappa shape index (κ2) is 6.85. The molecule has 1 heterocycles. The van der Waals surface area contributed by atoms with Gasteiger partial charge < -0.3 is 14.8 Å². The molecule has 0 aliphatic heterocycles. The summed E-state index contributed by atoms with van der Waals surface area (Å²) < 4.78 is 10.4. The van der Waals surface area contributed by atoms with E-state index in [9.17, 15) is 0 Å². The molecule has 0 bridgehead atoms. The van der Waals surface area contributed by atoms with Crippen molar-refractivity contribution in [2.24, 2.45) is 0 Å². The molecule has 0 aromatic carbocycles. The van der Waals surface area contributed by atoms with Crippen molar-refractivity contribution in [3.63, 3.8) is 0 Å². The Labute approximate surface area is 96.3 Å². The molecule has 1 rings (SSSR count). The molecular formula is C12H18N2O2. The Balaban J connectivity index is 2.19. The van der Waals surface area contributed by atoms with Crippen molar-refractivity contribution in [2.75, 3.05) is 32.2 Å². The SMILES string of the molecule is C=C(C)COCCNc1ccc(OC)cn1.